The molecule has 6 nitrogen and oxygen atoms in total. The number of hydrogen-bond donors (Lipinski definition) is 2. The molecule has 120 valence electrons. The Labute approximate surface area is 135 Å². The first-order valence-corrected chi connectivity index (χ1v) is 8.30. The lowest BCUT2D eigenvalue weighted by Crippen LogP contribution is -2.35. The quantitative estimate of drug-likeness (QED) is 0.889. The van der Waals surface area contributed by atoms with Crippen LogP contribution in [0.2, 0.25) is 0 Å². The van der Waals surface area contributed by atoms with Gasteiger partial charge < -0.3 is 10.6 Å². The Morgan fingerprint density at radius 2 is 2.39 bits per heavy atom. The summed E-state index contributed by atoms with van der Waals surface area (Å²) in [6.45, 7) is 2.37. The maximum Gasteiger partial charge on any atom is 0.269 e. The summed E-state index contributed by atoms with van der Waals surface area (Å²) in [4.78, 5) is 16.5. The fraction of sp³-hybridized carbons (Fsp3) is 0.471. The van der Waals surface area contributed by atoms with E-state index in [1.165, 1.54) is 5.56 Å². The Morgan fingerprint density at radius 1 is 1.43 bits per heavy atom. The van der Waals surface area contributed by atoms with E-state index in [9.17, 15) is 4.79 Å². The smallest absolute Gasteiger partial charge is 0.269 e. The summed E-state index contributed by atoms with van der Waals surface area (Å²) in [5, 5.41) is 11.3. The van der Waals surface area contributed by atoms with E-state index in [2.05, 4.69) is 26.8 Å². The number of carbonyl (C=O) groups is 1. The van der Waals surface area contributed by atoms with Crippen LogP contribution in [0, 0.1) is 0 Å². The predicted molar refractivity (Wildman–Crippen MR) is 86.1 cm³/mol. The first kappa shape index (κ1) is 14.4. The van der Waals surface area contributed by atoms with Crippen LogP contribution in [0.15, 0.2) is 24.5 Å². The van der Waals surface area contributed by atoms with Gasteiger partial charge in [-0.15, -0.1) is 0 Å². The monoisotopic (exact) mass is 311 g/mol. The zero-order chi connectivity index (χ0) is 15.6. The van der Waals surface area contributed by atoms with Crippen molar-refractivity contribution in [1.82, 2.24) is 25.4 Å². The third-order valence-corrected chi connectivity index (χ3v) is 4.68. The lowest BCUT2D eigenvalue weighted by Gasteiger charge is -2.23. The number of carbonyl (C=O) groups excluding carboxylic acids is 1. The number of rotatable bonds is 3. The van der Waals surface area contributed by atoms with Crippen molar-refractivity contribution in [2.45, 2.75) is 44.8 Å². The minimum absolute atomic E-state index is 0.0316. The fourth-order valence-corrected chi connectivity index (χ4v) is 3.49. The number of pyridine rings is 1. The number of aryl methyl sites for hydroxylation is 2. The number of fused-ring (bicyclic) bond motifs is 3. The van der Waals surface area contributed by atoms with E-state index in [0.717, 1.165) is 62.3 Å². The highest BCUT2D eigenvalue weighted by Crippen LogP contribution is 2.25. The summed E-state index contributed by atoms with van der Waals surface area (Å²) in [5.74, 6) is 0.0316. The van der Waals surface area contributed by atoms with Crippen LogP contribution in [-0.2, 0) is 25.9 Å². The van der Waals surface area contributed by atoms with Crippen molar-refractivity contribution >= 4 is 5.91 Å². The van der Waals surface area contributed by atoms with E-state index in [0.29, 0.717) is 6.04 Å². The van der Waals surface area contributed by atoms with Crippen molar-refractivity contribution in [2.24, 2.45) is 0 Å². The highest BCUT2D eigenvalue weighted by Gasteiger charge is 2.29. The molecule has 2 aliphatic rings. The number of nitrogens with zero attached hydrogens (tertiary/aromatic N) is 3. The molecule has 0 bridgehead atoms. The zero-order valence-electron chi connectivity index (χ0n) is 13.1. The van der Waals surface area contributed by atoms with Gasteiger partial charge in [0.05, 0.1) is 5.69 Å². The van der Waals surface area contributed by atoms with Crippen LogP contribution in [-0.4, -0.2) is 33.3 Å². The summed E-state index contributed by atoms with van der Waals surface area (Å²) >= 11 is 0. The molecular formula is C17H21N5O. The van der Waals surface area contributed by atoms with E-state index < -0.39 is 0 Å². The SMILES string of the molecule is O=C1NCCCn2nc3c(c21)CC(NCc1cccnc1)CC3. The van der Waals surface area contributed by atoms with Gasteiger partial charge in [-0.2, -0.15) is 5.10 Å². The van der Waals surface area contributed by atoms with Gasteiger partial charge in [0.25, 0.3) is 5.91 Å². The largest absolute Gasteiger partial charge is 0.351 e. The molecule has 2 N–H and O–H groups in total. The Morgan fingerprint density at radius 3 is 3.26 bits per heavy atom. The lowest BCUT2D eigenvalue weighted by atomic mass is 9.91. The standard InChI is InChI=1S/C17H21N5O/c23-17-16-14-9-13(20-11-12-3-1-6-18-10-12)4-5-15(14)21-22(16)8-2-7-19-17/h1,3,6,10,13,20H,2,4-5,7-9,11H2,(H,19,23). The molecule has 1 aliphatic carbocycles. The van der Waals surface area contributed by atoms with Crippen LogP contribution in [0.1, 0.15) is 40.2 Å². The van der Waals surface area contributed by atoms with Gasteiger partial charge in [0.15, 0.2) is 0 Å². The van der Waals surface area contributed by atoms with Crippen LogP contribution < -0.4 is 10.6 Å². The Bertz CT molecular complexity index is 709. The first-order valence-electron chi connectivity index (χ1n) is 8.30. The molecule has 1 amide bonds. The van der Waals surface area contributed by atoms with Crippen molar-refractivity contribution in [3.05, 3.63) is 47.0 Å². The van der Waals surface area contributed by atoms with Gasteiger partial charge in [-0.1, -0.05) is 6.07 Å². The van der Waals surface area contributed by atoms with E-state index in [4.69, 9.17) is 0 Å². The summed E-state index contributed by atoms with van der Waals surface area (Å²) in [7, 11) is 0. The molecule has 0 radical (unpaired) electrons. The number of nitrogens with one attached hydrogen (secondary N) is 2. The number of hydrogen-bond acceptors (Lipinski definition) is 4. The Hall–Kier alpha value is -2.21. The van der Waals surface area contributed by atoms with Crippen LogP contribution >= 0.6 is 0 Å². The summed E-state index contributed by atoms with van der Waals surface area (Å²) in [6.07, 6.45) is 7.50. The molecule has 6 heteroatoms. The molecule has 4 rings (SSSR count). The average Bonchev–Trinajstić information content (AvgIpc) is 2.85. The van der Waals surface area contributed by atoms with E-state index in [-0.39, 0.29) is 5.91 Å². The van der Waals surface area contributed by atoms with Crippen molar-refractivity contribution in [3.63, 3.8) is 0 Å². The Kier molecular flexibility index (Phi) is 3.83. The van der Waals surface area contributed by atoms with E-state index in [1.807, 2.05) is 16.9 Å². The minimum Gasteiger partial charge on any atom is -0.351 e. The summed E-state index contributed by atoms with van der Waals surface area (Å²) in [6, 6.07) is 4.42. The van der Waals surface area contributed by atoms with Crippen LogP contribution in [0.3, 0.4) is 0 Å². The Balaban J connectivity index is 1.50. The predicted octanol–water partition coefficient (Wildman–Crippen LogP) is 1.06. The van der Waals surface area contributed by atoms with Crippen LogP contribution in [0.4, 0.5) is 0 Å². The van der Waals surface area contributed by atoms with Crippen LogP contribution in [0.25, 0.3) is 0 Å². The highest BCUT2D eigenvalue weighted by atomic mass is 16.2. The second-order valence-corrected chi connectivity index (χ2v) is 6.29. The molecule has 0 saturated heterocycles. The van der Waals surface area contributed by atoms with Crippen molar-refractivity contribution in [2.75, 3.05) is 6.54 Å². The molecule has 2 aromatic rings. The molecule has 1 aliphatic heterocycles. The highest BCUT2D eigenvalue weighted by molar-refractivity contribution is 5.94. The second kappa shape index (κ2) is 6.12. The van der Waals surface area contributed by atoms with Gasteiger partial charge in [-0.25, -0.2) is 0 Å². The van der Waals surface area contributed by atoms with Gasteiger partial charge in [-0.05, 0) is 37.3 Å². The molecule has 1 unspecified atom stereocenters. The van der Waals surface area contributed by atoms with Gasteiger partial charge >= 0.3 is 0 Å². The lowest BCUT2D eigenvalue weighted by molar-refractivity contribution is 0.0949. The van der Waals surface area contributed by atoms with Crippen molar-refractivity contribution in [1.29, 1.82) is 0 Å². The number of amides is 1. The third-order valence-electron chi connectivity index (χ3n) is 4.68. The van der Waals surface area contributed by atoms with Gasteiger partial charge in [0.2, 0.25) is 0 Å². The number of aromatic nitrogens is 3. The van der Waals surface area contributed by atoms with Crippen molar-refractivity contribution in [3.8, 4) is 0 Å². The maximum atomic E-state index is 12.3. The molecule has 2 aromatic heterocycles. The second-order valence-electron chi connectivity index (χ2n) is 6.29. The van der Waals surface area contributed by atoms with Crippen LogP contribution in [0.5, 0.6) is 0 Å². The molecule has 23 heavy (non-hydrogen) atoms. The zero-order valence-corrected chi connectivity index (χ0v) is 13.1. The van der Waals surface area contributed by atoms with Gasteiger partial charge in [-0.3, -0.25) is 14.5 Å². The molecule has 0 fully saturated rings. The first-order chi connectivity index (χ1) is 11.3. The average molecular weight is 311 g/mol. The topological polar surface area (TPSA) is 71.8 Å². The minimum atomic E-state index is 0.0316. The maximum absolute atomic E-state index is 12.3. The fourth-order valence-electron chi connectivity index (χ4n) is 3.49. The molecule has 3 heterocycles. The molecule has 0 aromatic carbocycles. The van der Waals surface area contributed by atoms with Gasteiger partial charge in [0, 0.05) is 43.6 Å². The normalized spacial score (nSPS) is 20.3. The molecule has 0 saturated carbocycles. The molecule has 0 spiro atoms. The molecular weight excluding hydrogens is 290 g/mol. The van der Waals surface area contributed by atoms with Crippen molar-refractivity contribution < 1.29 is 4.79 Å². The third kappa shape index (κ3) is 2.86. The summed E-state index contributed by atoms with van der Waals surface area (Å²) in [5.41, 5.74) is 4.21. The van der Waals surface area contributed by atoms with E-state index in [1.54, 1.807) is 6.20 Å². The summed E-state index contributed by atoms with van der Waals surface area (Å²) < 4.78 is 1.91. The van der Waals surface area contributed by atoms with Gasteiger partial charge in [0.1, 0.15) is 5.69 Å². The molecule has 1 atom stereocenters. The van der Waals surface area contributed by atoms with E-state index >= 15 is 0 Å².